The molecule has 0 radical (unpaired) electrons. The van der Waals surface area contributed by atoms with Crippen LogP contribution in [0.25, 0.3) is 0 Å². The molecule has 0 aliphatic carbocycles. The molecule has 1 amide bonds. The fourth-order valence-electron chi connectivity index (χ4n) is 1.39. The Morgan fingerprint density at radius 3 is 2.00 bits per heavy atom. The molecule has 7 heteroatoms. The molecule has 130 valence electrons. The molecule has 0 aromatic rings. The van der Waals surface area contributed by atoms with E-state index in [0.717, 1.165) is 19.4 Å². The summed E-state index contributed by atoms with van der Waals surface area (Å²) in [6, 6.07) is 0. The van der Waals surface area contributed by atoms with E-state index in [-0.39, 0.29) is 24.9 Å². The molecule has 0 fully saturated rings. The highest BCUT2D eigenvalue weighted by atomic mass is 16.5. The van der Waals surface area contributed by atoms with Gasteiger partial charge in [0, 0.05) is 13.2 Å². The molecule has 0 aromatic carbocycles. The summed E-state index contributed by atoms with van der Waals surface area (Å²) in [4.78, 5) is 21.9. The number of amides is 1. The number of nitrogens with one attached hydrogen (secondary N) is 1. The van der Waals surface area contributed by atoms with Gasteiger partial charge in [0.1, 0.15) is 13.2 Å². The number of Topliss-reactive ketones (excluding diaryl/α,β-unsaturated/α-hetero) is 1. The number of ketones is 1. The molecule has 0 aromatic heterocycles. The van der Waals surface area contributed by atoms with Crippen molar-refractivity contribution in [3.63, 3.8) is 0 Å². The second-order valence-electron chi connectivity index (χ2n) is 4.74. The Morgan fingerprint density at radius 1 is 0.818 bits per heavy atom. The zero-order valence-corrected chi connectivity index (χ0v) is 13.7. The van der Waals surface area contributed by atoms with Gasteiger partial charge in [0.2, 0.25) is 5.91 Å². The Bertz CT molecular complexity index is 285. The molecule has 0 spiro atoms. The van der Waals surface area contributed by atoms with Gasteiger partial charge in [-0.2, -0.15) is 0 Å². The Labute approximate surface area is 132 Å². The van der Waals surface area contributed by atoms with E-state index in [2.05, 4.69) is 12.2 Å². The summed E-state index contributed by atoms with van der Waals surface area (Å²) in [5, 5.41) is 2.63. The lowest BCUT2D eigenvalue weighted by molar-refractivity contribution is -0.129. The summed E-state index contributed by atoms with van der Waals surface area (Å²) in [7, 11) is 0. The van der Waals surface area contributed by atoms with Crippen LogP contribution < -0.4 is 5.32 Å². The van der Waals surface area contributed by atoms with Crippen molar-refractivity contribution in [3.8, 4) is 0 Å². The van der Waals surface area contributed by atoms with Crippen molar-refractivity contribution in [1.29, 1.82) is 0 Å². The van der Waals surface area contributed by atoms with Crippen LogP contribution in [0.5, 0.6) is 0 Å². The van der Waals surface area contributed by atoms with Gasteiger partial charge in [-0.05, 0) is 13.3 Å². The number of unbranched alkanes of at least 4 members (excludes halogenated alkanes) is 1. The zero-order valence-electron chi connectivity index (χ0n) is 13.7. The first-order chi connectivity index (χ1) is 10.7. The molecule has 0 saturated carbocycles. The lowest BCUT2D eigenvalue weighted by atomic mass is 10.4. The molecule has 0 atom stereocenters. The Kier molecular flexibility index (Phi) is 15.6. The summed E-state index contributed by atoms with van der Waals surface area (Å²) >= 11 is 0. The highest BCUT2D eigenvalue weighted by molar-refractivity contribution is 5.79. The van der Waals surface area contributed by atoms with Gasteiger partial charge < -0.3 is 24.3 Å². The van der Waals surface area contributed by atoms with Crippen LogP contribution in [0.2, 0.25) is 0 Å². The van der Waals surface area contributed by atoms with Crippen LogP contribution in [0.3, 0.4) is 0 Å². The molecule has 0 aliphatic rings. The van der Waals surface area contributed by atoms with Crippen molar-refractivity contribution in [1.82, 2.24) is 5.32 Å². The van der Waals surface area contributed by atoms with E-state index in [0.29, 0.717) is 39.6 Å². The van der Waals surface area contributed by atoms with E-state index in [1.165, 1.54) is 6.92 Å². The molecule has 1 N–H and O–H groups in total. The van der Waals surface area contributed by atoms with Gasteiger partial charge in [0.15, 0.2) is 5.78 Å². The molecule has 0 heterocycles. The minimum Gasteiger partial charge on any atom is -0.379 e. The number of ether oxygens (including phenoxy) is 4. The minimum absolute atomic E-state index is 0.0383. The van der Waals surface area contributed by atoms with Gasteiger partial charge in [-0.1, -0.05) is 13.3 Å². The highest BCUT2D eigenvalue weighted by Crippen LogP contribution is 1.88. The summed E-state index contributed by atoms with van der Waals surface area (Å²) < 4.78 is 20.9. The Hall–Kier alpha value is -1.02. The highest BCUT2D eigenvalue weighted by Gasteiger charge is 2.01. The van der Waals surface area contributed by atoms with Crippen molar-refractivity contribution < 1.29 is 28.5 Å². The first-order valence-electron chi connectivity index (χ1n) is 7.74. The molecule has 0 saturated heterocycles. The number of carbonyl (C=O) groups is 2. The maximum absolute atomic E-state index is 11.3. The maximum atomic E-state index is 11.3. The monoisotopic (exact) mass is 319 g/mol. The number of hydrogen-bond acceptors (Lipinski definition) is 6. The third-order valence-corrected chi connectivity index (χ3v) is 2.49. The second kappa shape index (κ2) is 16.4. The molecule has 0 rings (SSSR count). The molecule has 7 nitrogen and oxygen atoms in total. The molecule has 0 aliphatic heterocycles. The standard InChI is InChI=1S/C15H29NO6/c1-3-4-6-19-8-10-21-11-9-20-7-5-16-15(18)13-22-12-14(2)17/h3-13H2,1-2H3,(H,16,18). The van der Waals surface area contributed by atoms with Crippen LogP contribution in [0.1, 0.15) is 26.7 Å². The molecular weight excluding hydrogens is 290 g/mol. The van der Waals surface area contributed by atoms with Crippen LogP contribution in [-0.2, 0) is 28.5 Å². The van der Waals surface area contributed by atoms with Crippen molar-refractivity contribution >= 4 is 11.7 Å². The van der Waals surface area contributed by atoms with Gasteiger partial charge in [-0.25, -0.2) is 0 Å². The third kappa shape index (κ3) is 17.0. The normalized spacial score (nSPS) is 10.6. The van der Waals surface area contributed by atoms with Crippen LogP contribution in [0.4, 0.5) is 0 Å². The summed E-state index contributed by atoms with van der Waals surface area (Å²) in [6.07, 6.45) is 2.21. The Morgan fingerprint density at radius 2 is 1.41 bits per heavy atom. The van der Waals surface area contributed by atoms with E-state index in [1.807, 2.05) is 0 Å². The van der Waals surface area contributed by atoms with Crippen LogP contribution >= 0.6 is 0 Å². The third-order valence-electron chi connectivity index (χ3n) is 2.49. The number of rotatable bonds is 16. The van der Waals surface area contributed by atoms with E-state index in [9.17, 15) is 9.59 Å². The van der Waals surface area contributed by atoms with E-state index in [4.69, 9.17) is 18.9 Å². The van der Waals surface area contributed by atoms with Gasteiger partial charge in [0.05, 0.1) is 33.0 Å². The topological polar surface area (TPSA) is 83.1 Å². The first kappa shape index (κ1) is 21.0. The lowest BCUT2D eigenvalue weighted by Crippen LogP contribution is -2.31. The predicted molar refractivity (Wildman–Crippen MR) is 81.9 cm³/mol. The van der Waals surface area contributed by atoms with Crippen molar-refractivity contribution in [2.24, 2.45) is 0 Å². The Balaban J connectivity index is 3.13. The van der Waals surface area contributed by atoms with Crippen LogP contribution in [-0.4, -0.2) is 71.1 Å². The van der Waals surface area contributed by atoms with E-state index < -0.39 is 0 Å². The average molecular weight is 319 g/mol. The second-order valence-corrected chi connectivity index (χ2v) is 4.74. The quantitative estimate of drug-likeness (QED) is 0.419. The fraction of sp³-hybridized carbons (Fsp3) is 0.867. The van der Waals surface area contributed by atoms with Gasteiger partial charge in [-0.15, -0.1) is 0 Å². The first-order valence-corrected chi connectivity index (χ1v) is 7.74. The molecule has 0 unspecified atom stereocenters. The SMILES string of the molecule is CCCCOCCOCCOCCNC(=O)COCC(C)=O. The van der Waals surface area contributed by atoms with Gasteiger partial charge >= 0.3 is 0 Å². The van der Waals surface area contributed by atoms with E-state index >= 15 is 0 Å². The van der Waals surface area contributed by atoms with E-state index in [1.54, 1.807) is 0 Å². The smallest absolute Gasteiger partial charge is 0.246 e. The number of hydrogen-bond donors (Lipinski definition) is 1. The minimum atomic E-state index is -0.259. The van der Waals surface area contributed by atoms with Crippen LogP contribution in [0.15, 0.2) is 0 Å². The zero-order chi connectivity index (χ0) is 16.5. The van der Waals surface area contributed by atoms with Crippen molar-refractivity contribution in [2.75, 3.05) is 59.4 Å². The summed E-state index contributed by atoms with van der Waals surface area (Å²) in [5.41, 5.74) is 0. The predicted octanol–water partition coefficient (Wildman–Crippen LogP) is 0.558. The fourth-order valence-corrected chi connectivity index (χ4v) is 1.39. The van der Waals surface area contributed by atoms with Crippen molar-refractivity contribution in [3.05, 3.63) is 0 Å². The average Bonchev–Trinajstić information content (AvgIpc) is 2.48. The number of carbonyl (C=O) groups excluding carboxylic acids is 2. The summed E-state index contributed by atoms with van der Waals surface area (Å²) in [6.45, 7) is 7.14. The lowest BCUT2D eigenvalue weighted by Gasteiger charge is -2.07. The van der Waals surface area contributed by atoms with Crippen molar-refractivity contribution in [2.45, 2.75) is 26.7 Å². The largest absolute Gasteiger partial charge is 0.379 e. The van der Waals surface area contributed by atoms with Gasteiger partial charge in [0.25, 0.3) is 0 Å². The maximum Gasteiger partial charge on any atom is 0.246 e. The molecular formula is C15H29NO6. The molecule has 22 heavy (non-hydrogen) atoms. The molecule has 0 bridgehead atoms. The van der Waals surface area contributed by atoms with Crippen LogP contribution in [0, 0.1) is 0 Å². The van der Waals surface area contributed by atoms with Gasteiger partial charge in [-0.3, -0.25) is 9.59 Å². The summed E-state index contributed by atoms with van der Waals surface area (Å²) in [5.74, 6) is -0.364.